The summed E-state index contributed by atoms with van der Waals surface area (Å²) in [4.78, 5) is 6.89. The lowest BCUT2D eigenvalue weighted by Gasteiger charge is -2.27. The van der Waals surface area contributed by atoms with E-state index in [1.807, 2.05) is 36.7 Å². The van der Waals surface area contributed by atoms with Gasteiger partial charge in [-0.2, -0.15) is 5.10 Å². The largest absolute Gasteiger partial charge is 0.497 e. The van der Waals surface area contributed by atoms with Gasteiger partial charge in [0.05, 0.1) is 38.2 Å². The molecule has 0 amide bonds. The van der Waals surface area contributed by atoms with Crippen LogP contribution in [0.15, 0.2) is 61.1 Å². The molecule has 0 bridgehead atoms. The minimum Gasteiger partial charge on any atom is -0.497 e. The quantitative estimate of drug-likeness (QED) is 0.286. The molecule has 0 fully saturated rings. The number of ether oxygens (including phenoxy) is 2. The molecule has 4 rings (SSSR count). The number of aryl methyl sites for hydroxylation is 1. The van der Waals surface area contributed by atoms with Crippen LogP contribution in [0.2, 0.25) is 0 Å². The number of nitrogens with one attached hydrogen (secondary N) is 1. The van der Waals surface area contributed by atoms with Crippen molar-refractivity contribution >= 4 is 32.1 Å². The lowest BCUT2D eigenvalue weighted by Crippen LogP contribution is -2.32. The van der Waals surface area contributed by atoms with E-state index in [0.29, 0.717) is 12.6 Å². The summed E-state index contributed by atoms with van der Waals surface area (Å²) in [6.07, 6.45) is 6.63. The van der Waals surface area contributed by atoms with E-state index in [-0.39, 0.29) is 5.75 Å². The van der Waals surface area contributed by atoms with Crippen molar-refractivity contribution in [2.75, 3.05) is 44.2 Å². The van der Waals surface area contributed by atoms with E-state index in [0.717, 1.165) is 58.0 Å². The van der Waals surface area contributed by atoms with Gasteiger partial charge in [0.15, 0.2) is 0 Å². The smallest absolute Gasteiger partial charge is 0.149 e. The summed E-state index contributed by atoms with van der Waals surface area (Å²) >= 11 is 0. The van der Waals surface area contributed by atoms with Gasteiger partial charge >= 0.3 is 0 Å². The number of fused-ring (bicyclic) bond motifs is 1. The van der Waals surface area contributed by atoms with Crippen molar-refractivity contribution in [1.29, 1.82) is 0 Å². The number of nitrogens with zero attached hydrogens (tertiary/aromatic N) is 4. The normalized spacial score (nSPS) is 11.7. The monoisotopic (exact) mass is 537 g/mol. The van der Waals surface area contributed by atoms with Crippen LogP contribution in [0.3, 0.4) is 0 Å². The Labute approximate surface area is 224 Å². The number of sulfone groups is 1. The fourth-order valence-electron chi connectivity index (χ4n) is 4.16. The second-order valence-electron chi connectivity index (χ2n) is 9.55. The molecule has 10 heteroatoms. The van der Waals surface area contributed by atoms with Crippen molar-refractivity contribution in [3.8, 4) is 22.6 Å². The van der Waals surface area contributed by atoms with Crippen molar-refractivity contribution in [2.24, 2.45) is 0 Å². The van der Waals surface area contributed by atoms with Crippen molar-refractivity contribution in [3.63, 3.8) is 0 Å². The van der Waals surface area contributed by atoms with E-state index < -0.39 is 9.84 Å². The van der Waals surface area contributed by atoms with Crippen molar-refractivity contribution in [2.45, 2.75) is 26.4 Å². The zero-order chi connectivity index (χ0) is 27.3. The average Bonchev–Trinajstić information content (AvgIpc) is 3.38. The summed E-state index contributed by atoms with van der Waals surface area (Å²) in [5.74, 6) is 1.49. The second-order valence-corrected chi connectivity index (χ2v) is 11.8. The van der Waals surface area contributed by atoms with Gasteiger partial charge < -0.3 is 19.7 Å². The molecule has 1 N–H and O–H groups in total. The molecule has 0 spiro atoms. The number of benzene rings is 2. The molecule has 0 atom stereocenters. The minimum atomic E-state index is -3.06. The average molecular weight is 538 g/mol. The highest BCUT2D eigenvalue weighted by molar-refractivity contribution is 7.90. The summed E-state index contributed by atoms with van der Waals surface area (Å²) in [6.45, 7) is 6.10. The highest BCUT2D eigenvalue weighted by atomic mass is 32.2. The summed E-state index contributed by atoms with van der Waals surface area (Å²) in [5, 5.41) is 8.81. The van der Waals surface area contributed by atoms with Crippen molar-refractivity contribution in [3.05, 3.63) is 61.1 Å². The molecule has 202 valence electrons. The van der Waals surface area contributed by atoms with Crippen LogP contribution in [0.5, 0.6) is 11.5 Å². The van der Waals surface area contributed by atoms with Gasteiger partial charge in [0.1, 0.15) is 21.3 Å². The van der Waals surface area contributed by atoms with Crippen LogP contribution in [0.25, 0.3) is 22.0 Å². The first-order valence-corrected chi connectivity index (χ1v) is 14.6. The third-order valence-corrected chi connectivity index (χ3v) is 7.09. The summed E-state index contributed by atoms with van der Waals surface area (Å²) in [6, 6.07) is 14.5. The van der Waals surface area contributed by atoms with E-state index in [9.17, 15) is 8.42 Å². The van der Waals surface area contributed by atoms with Gasteiger partial charge in [0.25, 0.3) is 0 Å². The highest BCUT2D eigenvalue weighted by Gasteiger charge is 2.14. The maximum absolute atomic E-state index is 11.5. The number of aromatic nitrogens is 3. The summed E-state index contributed by atoms with van der Waals surface area (Å²) in [5.41, 5.74) is 4.65. The third kappa shape index (κ3) is 7.02. The molecule has 38 heavy (non-hydrogen) atoms. The minimum absolute atomic E-state index is 0.0456. The Bertz CT molecular complexity index is 1480. The highest BCUT2D eigenvalue weighted by Crippen LogP contribution is 2.34. The fraction of sp³-hybridized carbons (Fsp3) is 0.357. The molecular weight excluding hydrogens is 502 g/mol. The van der Waals surface area contributed by atoms with Gasteiger partial charge in [0, 0.05) is 83.9 Å². The van der Waals surface area contributed by atoms with Gasteiger partial charge in [-0.1, -0.05) is 13.8 Å². The van der Waals surface area contributed by atoms with E-state index in [4.69, 9.17) is 9.47 Å². The lowest BCUT2D eigenvalue weighted by atomic mass is 10.1. The Hall–Kier alpha value is -3.63. The van der Waals surface area contributed by atoms with Gasteiger partial charge in [-0.05, 0) is 24.3 Å². The number of anilines is 2. The Balaban J connectivity index is 1.69. The predicted molar refractivity (Wildman–Crippen MR) is 152 cm³/mol. The van der Waals surface area contributed by atoms with Gasteiger partial charge in [-0.3, -0.25) is 9.67 Å². The van der Waals surface area contributed by atoms with Crippen LogP contribution in [0, 0.1) is 0 Å². The van der Waals surface area contributed by atoms with Crippen molar-refractivity contribution in [1.82, 2.24) is 20.1 Å². The predicted octanol–water partition coefficient (Wildman–Crippen LogP) is 4.30. The zero-order valence-corrected chi connectivity index (χ0v) is 23.3. The van der Waals surface area contributed by atoms with Crippen molar-refractivity contribution < 1.29 is 17.9 Å². The number of rotatable bonds is 12. The summed E-state index contributed by atoms with van der Waals surface area (Å²) in [7, 11) is 0.236. The van der Waals surface area contributed by atoms with Crippen LogP contribution < -0.4 is 19.7 Å². The zero-order valence-electron chi connectivity index (χ0n) is 22.5. The van der Waals surface area contributed by atoms with E-state index in [2.05, 4.69) is 52.3 Å². The van der Waals surface area contributed by atoms with E-state index in [1.54, 1.807) is 25.1 Å². The van der Waals surface area contributed by atoms with E-state index >= 15 is 0 Å². The van der Waals surface area contributed by atoms with Crippen LogP contribution in [0.1, 0.15) is 13.8 Å². The Morgan fingerprint density at radius 1 is 0.974 bits per heavy atom. The molecular formula is C28H35N5O4S. The molecule has 2 aromatic carbocycles. The molecule has 4 aromatic rings. The van der Waals surface area contributed by atoms with Gasteiger partial charge in [-0.15, -0.1) is 0 Å². The molecule has 2 heterocycles. The molecule has 0 aliphatic heterocycles. The number of methoxy groups -OCH3 is 2. The fourth-order valence-corrected chi connectivity index (χ4v) is 4.68. The van der Waals surface area contributed by atoms with Gasteiger partial charge in [0.2, 0.25) is 0 Å². The number of hydrogen-bond donors (Lipinski definition) is 1. The third-order valence-electron chi connectivity index (χ3n) is 6.17. The maximum atomic E-state index is 11.5. The molecule has 0 radical (unpaired) electrons. The lowest BCUT2D eigenvalue weighted by molar-refractivity contribution is 0.394. The first-order valence-electron chi connectivity index (χ1n) is 12.5. The standard InChI is InChI=1S/C28H35N5O4S/c1-20(2)29-8-9-33(25-14-26(36-3)16-27(15-25)37-4)24-6-7-28-21(13-24)12-22(17-30-28)23-18-31-32(19-23)10-11-38(5,34)35/h6-7,12-20,29H,8-11H2,1-5H3. The maximum Gasteiger partial charge on any atom is 0.149 e. The van der Waals surface area contributed by atoms with Crippen LogP contribution in [-0.2, 0) is 16.4 Å². The Kier molecular flexibility index (Phi) is 8.53. The first-order chi connectivity index (χ1) is 18.1. The molecule has 0 aliphatic rings. The number of hydrogen-bond acceptors (Lipinski definition) is 8. The summed E-state index contributed by atoms with van der Waals surface area (Å²) < 4.78 is 35.7. The van der Waals surface area contributed by atoms with Crippen LogP contribution in [0.4, 0.5) is 11.4 Å². The number of pyridine rings is 1. The van der Waals surface area contributed by atoms with E-state index in [1.165, 1.54) is 6.26 Å². The molecule has 0 unspecified atom stereocenters. The molecule has 2 aromatic heterocycles. The molecule has 0 saturated carbocycles. The molecule has 9 nitrogen and oxygen atoms in total. The Morgan fingerprint density at radius 2 is 1.71 bits per heavy atom. The van der Waals surface area contributed by atoms with Crippen LogP contribution in [-0.4, -0.2) is 68.5 Å². The van der Waals surface area contributed by atoms with Crippen LogP contribution >= 0.6 is 0 Å². The molecule has 0 saturated heterocycles. The second kappa shape index (κ2) is 11.8. The topological polar surface area (TPSA) is 98.6 Å². The first kappa shape index (κ1) is 27.4. The van der Waals surface area contributed by atoms with Gasteiger partial charge in [-0.25, -0.2) is 8.42 Å². The SMILES string of the molecule is COc1cc(OC)cc(N(CCNC(C)C)c2ccc3ncc(-c4cnn(CCS(C)(=O)=O)c4)cc3c2)c1. The molecule has 0 aliphatic carbocycles. The Morgan fingerprint density at radius 3 is 2.37 bits per heavy atom.